The molecule has 2 aliphatic rings. The first-order chi connectivity index (χ1) is 8.77. The van der Waals surface area contributed by atoms with Gasteiger partial charge in [-0.05, 0) is 17.9 Å². The maximum absolute atomic E-state index is 11.1. The van der Waals surface area contributed by atoms with Gasteiger partial charge in [-0.2, -0.15) is 0 Å². The summed E-state index contributed by atoms with van der Waals surface area (Å²) >= 11 is 0. The fourth-order valence-electron chi connectivity index (χ4n) is 3.20. The lowest BCUT2D eigenvalue weighted by molar-refractivity contribution is -0.530. The first-order valence-corrected chi connectivity index (χ1v) is 6.64. The summed E-state index contributed by atoms with van der Waals surface area (Å²) in [6.45, 7) is 4.00. The average molecular weight is 245 g/mol. The van der Waals surface area contributed by atoms with Gasteiger partial charge in [-0.1, -0.05) is 56.3 Å². The quantitative estimate of drug-likeness (QED) is 0.453. The first-order valence-electron chi connectivity index (χ1n) is 6.64. The smallest absolute Gasteiger partial charge is 0.226 e. The van der Waals surface area contributed by atoms with E-state index in [-0.39, 0.29) is 16.8 Å². The Bertz CT molecular complexity index is 441. The van der Waals surface area contributed by atoms with Crippen LogP contribution in [0.1, 0.15) is 31.7 Å². The number of nitro groups is 1. The van der Waals surface area contributed by atoms with E-state index in [9.17, 15) is 10.1 Å². The van der Waals surface area contributed by atoms with Crippen molar-refractivity contribution in [2.45, 2.75) is 32.2 Å². The molecule has 0 spiro atoms. The van der Waals surface area contributed by atoms with Crippen LogP contribution in [0.25, 0.3) is 0 Å². The van der Waals surface area contributed by atoms with Crippen molar-refractivity contribution in [2.24, 2.45) is 11.8 Å². The van der Waals surface area contributed by atoms with Crippen LogP contribution in [0.2, 0.25) is 0 Å². The van der Waals surface area contributed by atoms with Crippen LogP contribution in [-0.4, -0.2) is 11.0 Å². The fraction of sp³-hybridized carbons (Fsp3) is 0.467. The highest BCUT2D eigenvalue weighted by molar-refractivity contribution is 5.29. The van der Waals surface area contributed by atoms with Gasteiger partial charge in [0.25, 0.3) is 0 Å². The summed E-state index contributed by atoms with van der Waals surface area (Å²) in [7, 11) is 0. The van der Waals surface area contributed by atoms with E-state index in [1.165, 1.54) is 0 Å². The molecule has 1 fully saturated rings. The molecule has 0 amide bonds. The molecule has 18 heavy (non-hydrogen) atoms. The lowest BCUT2D eigenvalue weighted by atomic mass is 9.83. The van der Waals surface area contributed by atoms with Gasteiger partial charge in [0.15, 0.2) is 0 Å². The summed E-state index contributed by atoms with van der Waals surface area (Å²) in [4.78, 5) is 11.1. The van der Waals surface area contributed by atoms with E-state index in [2.05, 4.69) is 6.08 Å². The van der Waals surface area contributed by atoms with Gasteiger partial charge in [0, 0.05) is 10.8 Å². The molecule has 1 aromatic carbocycles. The predicted octanol–water partition coefficient (Wildman–Crippen LogP) is 3.65. The average Bonchev–Trinajstić information content (AvgIpc) is 3.02. The van der Waals surface area contributed by atoms with Gasteiger partial charge in [-0.3, -0.25) is 10.1 Å². The highest BCUT2D eigenvalue weighted by Gasteiger charge is 2.52. The number of fused-ring (bicyclic) bond motifs is 2. The van der Waals surface area contributed by atoms with Crippen LogP contribution in [0.15, 0.2) is 42.5 Å². The van der Waals surface area contributed by atoms with Crippen LogP contribution in [0.3, 0.4) is 0 Å². The van der Waals surface area contributed by atoms with Crippen molar-refractivity contribution < 1.29 is 4.92 Å². The number of hydrogen-bond donors (Lipinski definition) is 0. The van der Waals surface area contributed by atoms with Gasteiger partial charge in [0.05, 0.1) is 5.92 Å². The van der Waals surface area contributed by atoms with Crippen molar-refractivity contribution in [3.05, 3.63) is 58.2 Å². The highest BCUT2D eigenvalue weighted by Crippen LogP contribution is 2.49. The van der Waals surface area contributed by atoms with Gasteiger partial charge in [0.1, 0.15) is 0 Å². The Morgan fingerprint density at radius 2 is 1.72 bits per heavy atom. The Hall–Kier alpha value is -1.64. The summed E-state index contributed by atoms with van der Waals surface area (Å²) in [5.74, 6) is 0.583. The topological polar surface area (TPSA) is 43.1 Å². The number of nitrogens with zero attached hydrogens (tertiary/aromatic N) is 1. The SMILES string of the molecule is CC.O=[N+]([O-])C1C2C=CC(C2)C1c1ccccc1. The third-order valence-corrected chi connectivity index (χ3v) is 3.85. The zero-order valence-corrected chi connectivity index (χ0v) is 10.8. The predicted molar refractivity (Wildman–Crippen MR) is 72.1 cm³/mol. The molecule has 0 saturated heterocycles. The number of allylic oxidation sites excluding steroid dienone is 1. The Kier molecular flexibility index (Phi) is 3.80. The van der Waals surface area contributed by atoms with E-state index in [0.717, 1.165) is 12.0 Å². The third-order valence-electron chi connectivity index (χ3n) is 3.85. The van der Waals surface area contributed by atoms with E-state index in [1.54, 1.807) is 0 Å². The lowest BCUT2D eigenvalue weighted by Gasteiger charge is -2.21. The van der Waals surface area contributed by atoms with Crippen LogP contribution in [0.5, 0.6) is 0 Å². The van der Waals surface area contributed by atoms with E-state index in [0.29, 0.717) is 5.92 Å². The normalized spacial score (nSPS) is 31.9. The summed E-state index contributed by atoms with van der Waals surface area (Å²) in [5.41, 5.74) is 1.11. The molecule has 0 heterocycles. The molecule has 2 aliphatic carbocycles. The molecule has 0 aromatic heterocycles. The molecule has 0 aliphatic heterocycles. The van der Waals surface area contributed by atoms with Gasteiger partial charge in [0.2, 0.25) is 6.04 Å². The lowest BCUT2D eigenvalue weighted by Crippen LogP contribution is -2.31. The number of benzene rings is 1. The standard InChI is InChI=1S/C13H13NO2.C2H6/c15-14(16)13-11-7-6-10(8-11)12(13)9-4-2-1-3-5-9;1-2/h1-7,10-13H,8H2;1-2H3. The molecule has 1 saturated carbocycles. The first kappa shape index (κ1) is 12.8. The van der Waals surface area contributed by atoms with Crippen molar-refractivity contribution in [1.82, 2.24) is 0 Å². The van der Waals surface area contributed by atoms with Crippen LogP contribution < -0.4 is 0 Å². The number of rotatable bonds is 2. The molecule has 0 radical (unpaired) electrons. The maximum Gasteiger partial charge on any atom is 0.226 e. The van der Waals surface area contributed by atoms with Crippen LogP contribution >= 0.6 is 0 Å². The summed E-state index contributed by atoms with van der Waals surface area (Å²) in [6.07, 6.45) is 5.13. The summed E-state index contributed by atoms with van der Waals surface area (Å²) < 4.78 is 0. The molecular weight excluding hydrogens is 226 g/mol. The molecule has 3 nitrogen and oxygen atoms in total. The van der Waals surface area contributed by atoms with Crippen LogP contribution in [0.4, 0.5) is 0 Å². The van der Waals surface area contributed by atoms with Crippen molar-refractivity contribution >= 4 is 0 Å². The van der Waals surface area contributed by atoms with Crippen molar-refractivity contribution in [3.63, 3.8) is 0 Å². The molecule has 0 N–H and O–H groups in total. The minimum absolute atomic E-state index is 0.0752. The van der Waals surface area contributed by atoms with E-state index < -0.39 is 6.04 Å². The Balaban J connectivity index is 0.000000574. The summed E-state index contributed by atoms with van der Waals surface area (Å²) in [5, 5.41) is 11.1. The largest absolute Gasteiger partial charge is 0.264 e. The second-order valence-corrected chi connectivity index (χ2v) is 4.66. The Labute approximate surface area is 108 Å². The number of hydrogen-bond acceptors (Lipinski definition) is 2. The third kappa shape index (κ3) is 2.05. The van der Waals surface area contributed by atoms with Crippen molar-refractivity contribution in [2.75, 3.05) is 0 Å². The van der Waals surface area contributed by atoms with Gasteiger partial charge < -0.3 is 0 Å². The highest BCUT2D eigenvalue weighted by atomic mass is 16.6. The minimum atomic E-state index is -0.419. The van der Waals surface area contributed by atoms with Gasteiger partial charge in [-0.15, -0.1) is 0 Å². The maximum atomic E-state index is 11.1. The fourth-order valence-corrected chi connectivity index (χ4v) is 3.20. The molecule has 1 aromatic rings. The Morgan fingerprint density at radius 1 is 1.11 bits per heavy atom. The van der Waals surface area contributed by atoms with Crippen molar-refractivity contribution in [1.29, 1.82) is 0 Å². The van der Waals surface area contributed by atoms with E-state index in [1.807, 2.05) is 50.3 Å². The minimum Gasteiger partial charge on any atom is -0.264 e. The van der Waals surface area contributed by atoms with Gasteiger partial charge >= 0.3 is 0 Å². The molecule has 3 rings (SSSR count). The van der Waals surface area contributed by atoms with Gasteiger partial charge in [-0.25, -0.2) is 0 Å². The molecule has 4 unspecified atom stereocenters. The second-order valence-electron chi connectivity index (χ2n) is 4.66. The van der Waals surface area contributed by atoms with E-state index in [4.69, 9.17) is 0 Å². The second kappa shape index (κ2) is 5.34. The zero-order valence-electron chi connectivity index (χ0n) is 10.8. The summed E-state index contributed by atoms with van der Waals surface area (Å²) in [6, 6.07) is 9.47. The molecule has 96 valence electrons. The molecular formula is C15H19NO2. The van der Waals surface area contributed by atoms with Crippen LogP contribution in [0, 0.1) is 22.0 Å². The molecule has 4 atom stereocenters. The monoisotopic (exact) mass is 245 g/mol. The van der Waals surface area contributed by atoms with E-state index >= 15 is 0 Å². The molecule has 3 heteroatoms. The van der Waals surface area contributed by atoms with Crippen molar-refractivity contribution in [3.8, 4) is 0 Å². The molecule has 2 bridgehead atoms. The zero-order chi connectivity index (χ0) is 13.1. The van der Waals surface area contributed by atoms with Crippen LogP contribution in [-0.2, 0) is 0 Å². The Morgan fingerprint density at radius 3 is 2.33 bits per heavy atom.